The number of amides is 1. The van der Waals surface area contributed by atoms with Gasteiger partial charge in [-0.2, -0.15) is 5.10 Å². The molecule has 1 N–H and O–H groups in total. The van der Waals surface area contributed by atoms with Gasteiger partial charge in [0.05, 0.1) is 23.4 Å². The first kappa shape index (κ1) is 18.6. The van der Waals surface area contributed by atoms with Crippen LogP contribution in [0.1, 0.15) is 47.5 Å². The van der Waals surface area contributed by atoms with Gasteiger partial charge in [-0.15, -0.1) is 0 Å². The molecule has 0 saturated heterocycles. The van der Waals surface area contributed by atoms with E-state index in [0.29, 0.717) is 30.6 Å². The molecule has 3 aromatic rings. The molecule has 3 heterocycles. The van der Waals surface area contributed by atoms with Crippen LogP contribution >= 0.6 is 0 Å². The Bertz CT molecular complexity index is 1050. The molecule has 1 aliphatic heterocycles. The van der Waals surface area contributed by atoms with Gasteiger partial charge in [0.25, 0.3) is 5.91 Å². The molecule has 0 radical (unpaired) electrons. The van der Waals surface area contributed by atoms with E-state index in [9.17, 15) is 9.18 Å². The highest BCUT2D eigenvalue weighted by Gasteiger charge is 2.31. The van der Waals surface area contributed by atoms with Gasteiger partial charge in [0, 0.05) is 39.0 Å². The number of nitrogens with one attached hydrogen (secondary N) is 1. The Morgan fingerprint density at radius 3 is 2.89 bits per heavy atom. The zero-order valence-electron chi connectivity index (χ0n) is 16.5. The fourth-order valence-corrected chi connectivity index (χ4v) is 3.97. The lowest BCUT2D eigenvalue weighted by Gasteiger charge is -2.24. The van der Waals surface area contributed by atoms with Gasteiger partial charge in [-0.3, -0.25) is 9.48 Å². The average Bonchev–Trinajstić information content (AvgIpc) is 3.14. The van der Waals surface area contributed by atoms with E-state index in [4.69, 9.17) is 4.74 Å². The van der Waals surface area contributed by atoms with E-state index >= 15 is 0 Å². The van der Waals surface area contributed by atoms with Gasteiger partial charge in [-0.1, -0.05) is 6.07 Å². The zero-order valence-corrected chi connectivity index (χ0v) is 16.5. The third-order valence-electron chi connectivity index (χ3n) is 5.29. The average molecular weight is 385 g/mol. The maximum absolute atomic E-state index is 13.9. The van der Waals surface area contributed by atoms with Crippen LogP contribution < -0.4 is 5.32 Å². The molecule has 0 spiro atoms. The molecule has 148 valence electrons. The lowest BCUT2D eigenvalue weighted by atomic mass is 9.99. The second-order valence-electron chi connectivity index (χ2n) is 7.33. The minimum atomic E-state index is -0.338. The van der Waals surface area contributed by atoms with Crippen LogP contribution in [0.15, 0.2) is 18.2 Å². The second kappa shape index (κ2) is 7.01. The first-order valence-corrected chi connectivity index (χ1v) is 9.46. The van der Waals surface area contributed by atoms with E-state index in [0.717, 1.165) is 22.6 Å². The lowest BCUT2D eigenvalue weighted by Crippen LogP contribution is -2.30. The summed E-state index contributed by atoms with van der Waals surface area (Å²) in [5, 5.41) is 7.43. The third-order valence-corrected chi connectivity index (χ3v) is 5.29. The summed E-state index contributed by atoms with van der Waals surface area (Å²) >= 11 is 0. The predicted octanol–water partition coefficient (Wildman–Crippen LogP) is 2.44. The molecule has 28 heavy (non-hydrogen) atoms. The predicted molar refractivity (Wildman–Crippen MR) is 103 cm³/mol. The van der Waals surface area contributed by atoms with Crippen molar-refractivity contribution in [2.45, 2.75) is 38.9 Å². The standard InChI is InChI=1S/C20H24FN5O2/c1-11-10-13-17(12(2)28-11)24-26(4)19(13)20(27)22-9-8-16-23-18-14(21)6-5-7-15(18)25(16)3/h5-7,11-12H,8-10H2,1-4H3,(H,22,27)/t11-,12+/m1/s1. The summed E-state index contributed by atoms with van der Waals surface area (Å²) in [5.74, 6) is 0.223. The molecule has 2 atom stereocenters. The molecular weight excluding hydrogens is 361 g/mol. The quantitative estimate of drug-likeness (QED) is 0.749. The number of nitrogens with zero attached hydrogens (tertiary/aromatic N) is 4. The van der Waals surface area contributed by atoms with Crippen molar-refractivity contribution in [2.24, 2.45) is 14.1 Å². The van der Waals surface area contributed by atoms with Crippen LogP contribution in [0.2, 0.25) is 0 Å². The topological polar surface area (TPSA) is 74.0 Å². The van der Waals surface area contributed by atoms with E-state index in [2.05, 4.69) is 15.4 Å². The number of fused-ring (bicyclic) bond motifs is 2. The number of halogens is 1. The lowest BCUT2D eigenvalue weighted by molar-refractivity contribution is -0.00709. The summed E-state index contributed by atoms with van der Waals surface area (Å²) in [7, 11) is 3.63. The molecule has 7 nitrogen and oxygen atoms in total. The van der Waals surface area contributed by atoms with Crippen LogP contribution in [0.25, 0.3) is 11.0 Å². The number of carbonyl (C=O) groups excluding carboxylic acids is 1. The van der Waals surface area contributed by atoms with E-state index in [1.807, 2.05) is 31.5 Å². The number of hydrogen-bond donors (Lipinski definition) is 1. The smallest absolute Gasteiger partial charge is 0.269 e. The molecule has 1 aliphatic rings. The number of imidazole rings is 1. The number of hydrogen-bond acceptors (Lipinski definition) is 4. The van der Waals surface area contributed by atoms with Crippen molar-refractivity contribution in [2.75, 3.05) is 6.54 Å². The van der Waals surface area contributed by atoms with Gasteiger partial charge in [0.2, 0.25) is 0 Å². The maximum atomic E-state index is 13.9. The second-order valence-corrected chi connectivity index (χ2v) is 7.33. The summed E-state index contributed by atoms with van der Waals surface area (Å²) in [6.45, 7) is 4.35. The fourth-order valence-electron chi connectivity index (χ4n) is 3.97. The van der Waals surface area contributed by atoms with Crippen LogP contribution in [0.3, 0.4) is 0 Å². The normalized spacial score (nSPS) is 19.0. The number of rotatable bonds is 4. The molecule has 8 heteroatoms. The number of para-hydroxylation sites is 1. The highest BCUT2D eigenvalue weighted by Crippen LogP contribution is 2.31. The number of ether oxygens (including phenoxy) is 1. The van der Waals surface area contributed by atoms with Crippen molar-refractivity contribution in [1.29, 1.82) is 0 Å². The molecule has 0 unspecified atom stereocenters. The summed E-state index contributed by atoms with van der Waals surface area (Å²) in [6, 6.07) is 4.90. The number of aromatic nitrogens is 4. The van der Waals surface area contributed by atoms with Crippen molar-refractivity contribution >= 4 is 16.9 Å². The maximum Gasteiger partial charge on any atom is 0.269 e. The molecule has 1 aromatic carbocycles. The Balaban J connectivity index is 1.49. The van der Waals surface area contributed by atoms with Gasteiger partial charge in [-0.05, 0) is 26.0 Å². The highest BCUT2D eigenvalue weighted by molar-refractivity contribution is 5.94. The minimum absolute atomic E-state index is 0.0492. The van der Waals surface area contributed by atoms with Crippen molar-refractivity contribution in [1.82, 2.24) is 24.6 Å². The Morgan fingerprint density at radius 1 is 1.36 bits per heavy atom. The summed E-state index contributed by atoms with van der Waals surface area (Å²) in [4.78, 5) is 17.2. The summed E-state index contributed by atoms with van der Waals surface area (Å²) in [6.07, 6.45) is 1.10. The molecule has 4 rings (SSSR count). The minimum Gasteiger partial charge on any atom is -0.369 e. The number of carbonyl (C=O) groups is 1. The first-order valence-electron chi connectivity index (χ1n) is 9.46. The molecule has 1 amide bonds. The Kier molecular flexibility index (Phi) is 4.66. The number of aryl methyl sites for hydroxylation is 2. The van der Waals surface area contributed by atoms with Gasteiger partial charge in [-0.25, -0.2) is 9.37 Å². The molecule has 0 aliphatic carbocycles. The van der Waals surface area contributed by atoms with Crippen LogP contribution in [0.4, 0.5) is 4.39 Å². The van der Waals surface area contributed by atoms with Crippen molar-refractivity contribution in [3.63, 3.8) is 0 Å². The van der Waals surface area contributed by atoms with Gasteiger partial charge < -0.3 is 14.6 Å². The summed E-state index contributed by atoms with van der Waals surface area (Å²) < 4.78 is 23.2. The molecule has 2 aromatic heterocycles. The van der Waals surface area contributed by atoms with Crippen molar-refractivity contribution in [3.05, 3.63) is 46.8 Å². The van der Waals surface area contributed by atoms with Gasteiger partial charge >= 0.3 is 0 Å². The van der Waals surface area contributed by atoms with Crippen LogP contribution in [0.5, 0.6) is 0 Å². The Labute approximate surface area is 162 Å². The van der Waals surface area contributed by atoms with Crippen LogP contribution in [-0.4, -0.2) is 37.9 Å². The first-order chi connectivity index (χ1) is 13.4. The van der Waals surface area contributed by atoms with Crippen molar-refractivity contribution < 1.29 is 13.9 Å². The Morgan fingerprint density at radius 2 is 2.14 bits per heavy atom. The van der Waals surface area contributed by atoms with E-state index in [1.54, 1.807) is 17.8 Å². The van der Waals surface area contributed by atoms with E-state index < -0.39 is 0 Å². The summed E-state index contributed by atoms with van der Waals surface area (Å²) in [5.41, 5.74) is 3.46. The van der Waals surface area contributed by atoms with Gasteiger partial charge in [0.1, 0.15) is 17.0 Å². The highest BCUT2D eigenvalue weighted by atomic mass is 19.1. The van der Waals surface area contributed by atoms with Crippen molar-refractivity contribution in [3.8, 4) is 0 Å². The third kappa shape index (κ3) is 3.07. The molecule has 0 saturated carbocycles. The van der Waals surface area contributed by atoms with E-state index in [-0.39, 0.29) is 23.9 Å². The number of benzene rings is 1. The van der Waals surface area contributed by atoms with E-state index in [1.165, 1.54) is 6.07 Å². The molecule has 0 fully saturated rings. The van der Waals surface area contributed by atoms with Gasteiger partial charge in [0.15, 0.2) is 5.82 Å². The fraction of sp³-hybridized carbons (Fsp3) is 0.450. The monoisotopic (exact) mass is 385 g/mol. The molecule has 0 bridgehead atoms. The van der Waals surface area contributed by atoms with Crippen LogP contribution in [0, 0.1) is 5.82 Å². The largest absolute Gasteiger partial charge is 0.369 e. The van der Waals surface area contributed by atoms with Crippen LogP contribution in [-0.2, 0) is 31.7 Å². The SMILES string of the molecule is C[C@@H]1Cc2c(nn(C)c2C(=O)NCCc2nc3c(F)cccc3n2C)[C@H](C)O1. The Hall–Kier alpha value is -2.74. The molecular formula is C20H24FN5O2. The zero-order chi connectivity index (χ0) is 20.0.